The lowest BCUT2D eigenvalue weighted by atomic mass is 9.95. The van der Waals surface area contributed by atoms with Gasteiger partial charge in [0.15, 0.2) is 0 Å². The third kappa shape index (κ3) is 3.31. The Morgan fingerprint density at radius 2 is 1.96 bits per heavy atom. The quantitative estimate of drug-likeness (QED) is 0.571. The monoisotopic (exact) mass is 392 g/mol. The molecule has 1 aliphatic carbocycles. The Morgan fingerprint density at radius 3 is 2.71 bits per heavy atom. The number of aromatic carboxylic acids is 1. The molecule has 1 aromatic carbocycles. The lowest BCUT2D eigenvalue weighted by molar-refractivity contribution is 0.0696. The second-order valence-electron chi connectivity index (χ2n) is 7.46. The van der Waals surface area contributed by atoms with Crippen LogP contribution in [-0.2, 0) is 12.8 Å². The average molecular weight is 393 g/mol. The lowest BCUT2D eigenvalue weighted by Gasteiger charge is -2.11. The number of nitrogens with zero attached hydrogens (tertiary/aromatic N) is 2. The number of hydrogen-bond donors (Lipinski definition) is 1. The van der Waals surface area contributed by atoms with Gasteiger partial charge < -0.3 is 9.67 Å². The molecule has 144 valence electrons. The number of carboxylic acid groups (broad SMARTS) is 1. The van der Waals surface area contributed by atoms with Gasteiger partial charge in [-0.1, -0.05) is 12.1 Å². The molecule has 0 bridgehead atoms. The maximum atomic E-state index is 12.1. The predicted molar refractivity (Wildman–Crippen MR) is 115 cm³/mol. The Kier molecular flexibility index (Phi) is 4.94. The molecule has 0 amide bonds. The van der Waals surface area contributed by atoms with Gasteiger partial charge in [0.1, 0.15) is 5.00 Å². The van der Waals surface area contributed by atoms with Crippen molar-refractivity contribution in [2.75, 3.05) is 0 Å². The zero-order valence-electron chi connectivity index (χ0n) is 16.5. The van der Waals surface area contributed by atoms with Crippen molar-refractivity contribution in [3.8, 4) is 5.00 Å². The van der Waals surface area contributed by atoms with E-state index in [-0.39, 0.29) is 0 Å². The first-order valence-corrected chi connectivity index (χ1v) is 10.4. The van der Waals surface area contributed by atoms with E-state index in [1.54, 1.807) is 11.3 Å². The molecule has 5 heteroatoms. The highest BCUT2D eigenvalue weighted by Crippen LogP contribution is 2.38. The van der Waals surface area contributed by atoms with E-state index in [1.165, 1.54) is 10.4 Å². The zero-order valence-corrected chi connectivity index (χ0v) is 17.3. The van der Waals surface area contributed by atoms with Gasteiger partial charge in [0.25, 0.3) is 0 Å². The van der Waals surface area contributed by atoms with Gasteiger partial charge in [-0.15, -0.1) is 11.3 Å². The van der Waals surface area contributed by atoms with Gasteiger partial charge in [0, 0.05) is 28.0 Å². The molecule has 0 atom stereocenters. The topological polar surface area (TPSA) is 54.6 Å². The third-order valence-electron chi connectivity index (χ3n) is 5.39. The van der Waals surface area contributed by atoms with E-state index in [2.05, 4.69) is 28.6 Å². The number of fused-ring (bicyclic) bond motifs is 1. The van der Waals surface area contributed by atoms with Crippen molar-refractivity contribution < 1.29 is 9.90 Å². The summed E-state index contributed by atoms with van der Waals surface area (Å²) in [6.45, 7) is 6.12. The molecule has 3 aromatic rings. The number of thiophene rings is 1. The Labute approximate surface area is 169 Å². The largest absolute Gasteiger partial charge is 0.478 e. The highest BCUT2D eigenvalue weighted by molar-refractivity contribution is 7.15. The summed E-state index contributed by atoms with van der Waals surface area (Å²) in [6, 6.07) is 10.2. The van der Waals surface area contributed by atoms with Crippen molar-refractivity contribution in [3.63, 3.8) is 0 Å². The minimum atomic E-state index is -0.822. The summed E-state index contributed by atoms with van der Waals surface area (Å²) in [6.07, 6.45) is 5.95. The highest BCUT2D eigenvalue weighted by Gasteiger charge is 2.27. The summed E-state index contributed by atoms with van der Waals surface area (Å²) in [7, 11) is 0. The zero-order chi connectivity index (χ0) is 19.8. The van der Waals surface area contributed by atoms with Crippen LogP contribution in [0.4, 0.5) is 5.69 Å². The van der Waals surface area contributed by atoms with Gasteiger partial charge >= 0.3 is 5.97 Å². The Morgan fingerprint density at radius 1 is 1.18 bits per heavy atom. The van der Waals surface area contributed by atoms with Crippen molar-refractivity contribution in [1.29, 1.82) is 0 Å². The average Bonchev–Trinajstić information content (AvgIpc) is 3.16. The van der Waals surface area contributed by atoms with E-state index in [1.807, 2.05) is 38.3 Å². The van der Waals surface area contributed by atoms with E-state index in [0.717, 1.165) is 58.9 Å². The fraction of sp³-hybridized carbons (Fsp3) is 0.304. The van der Waals surface area contributed by atoms with Crippen LogP contribution < -0.4 is 0 Å². The van der Waals surface area contributed by atoms with E-state index < -0.39 is 5.97 Å². The number of benzene rings is 1. The number of aryl methyl sites for hydroxylation is 3. The number of rotatable bonds is 4. The Hall–Kier alpha value is -2.66. The van der Waals surface area contributed by atoms with Crippen LogP contribution in [0.1, 0.15) is 56.2 Å². The van der Waals surface area contributed by atoms with Crippen LogP contribution in [0.5, 0.6) is 0 Å². The first-order valence-electron chi connectivity index (χ1n) is 9.63. The molecule has 2 aromatic heterocycles. The number of aromatic nitrogens is 1. The normalized spacial score (nSPS) is 13.8. The standard InChI is InChI=1S/C23H24N2O2S/c1-14-7-6-8-18(11-14)24-13-17-12-15(2)25(16(17)3)22-21(23(26)27)19-9-4-5-10-20(19)28-22/h6-8,11-13H,4-5,9-10H2,1-3H3,(H,26,27). The van der Waals surface area contributed by atoms with E-state index >= 15 is 0 Å². The van der Waals surface area contributed by atoms with Crippen molar-refractivity contribution in [2.45, 2.75) is 46.5 Å². The summed E-state index contributed by atoms with van der Waals surface area (Å²) in [4.78, 5) is 17.9. The van der Waals surface area contributed by atoms with Crippen LogP contribution >= 0.6 is 11.3 Å². The molecule has 2 heterocycles. The minimum Gasteiger partial charge on any atom is -0.478 e. The van der Waals surface area contributed by atoms with Crippen LogP contribution in [0.2, 0.25) is 0 Å². The first-order chi connectivity index (χ1) is 13.5. The molecule has 4 rings (SSSR count). The summed E-state index contributed by atoms with van der Waals surface area (Å²) >= 11 is 1.64. The first kappa shape index (κ1) is 18.7. The summed E-state index contributed by atoms with van der Waals surface area (Å²) < 4.78 is 2.09. The molecule has 28 heavy (non-hydrogen) atoms. The second-order valence-corrected chi connectivity index (χ2v) is 8.54. The SMILES string of the molecule is Cc1cccc(N=Cc2cc(C)n(-c3sc4c(c3C(=O)O)CCCC4)c2C)c1. The Balaban J connectivity index is 1.78. The van der Waals surface area contributed by atoms with E-state index in [0.29, 0.717) is 5.56 Å². The fourth-order valence-electron chi connectivity index (χ4n) is 4.01. The van der Waals surface area contributed by atoms with Gasteiger partial charge in [-0.3, -0.25) is 4.99 Å². The molecular formula is C23H24N2O2S. The van der Waals surface area contributed by atoms with Gasteiger partial charge in [0.2, 0.25) is 0 Å². The third-order valence-corrected chi connectivity index (χ3v) is 6.67. The number of aliphatic imine (C=N–C) groups is 1. The van der Waals surface area contributed by atoms with Gasteiger partial charge in [0.05, 0.1) is 11.3 Å². The van der Waals surface area contributed by atoms with E-state index in [4.69, 9.17) is 0 Å². The maximum Gasteiger partial charge on any atom is 0.339 e. The number of carboxylic acids is 1. The molecule has 4 nitrogen and oxygen atoms in total. The Bertz CT molecular complexity index is 1090. The molecule has 1 N–H and O–H groups in total. The summed E-state index contributed by atoms with van der Waals surface area (Å²) in [5, 5.41) is 10.7. The summed E-state index contributed by atoms with van der Waals surface area (Å²) in [5.41, 5.74) is 6.70. The molecule has 1 aliphatic rings. The van der Waals surface area contributed by atoms with Crippen LogP contribution in [-0.4, -0.2) is 21.9 Å². The van der Waals surface area contributed by atoms with Gasteiger partial charge in [-0.05, 0) is 75.8 Å². The second kappa shape index (κ2) is 7.40. The molecule has 0 spiro atoms. The smallest absolute Gasteiger partial charge is 0.339 e. The van der Waals surface area contributed by atoms with Crippen LogP contribution in [0.25, 0.3) is 5.00 Å². The maximum absolute atomic E-state index is 12.1. The highest BCUT2D eigenvalue weighted by atomic mass is 32.1. The number of hydrogen-bond acceptors (Lipinski definition) is 3. The predicted octanol–water partition coefficient (Wildman–Crippen LogP) is 5.79. The molecule has 0 saturated carbocycles. The van der Waals surface area contributed by atoms with Crippen LogP contribution in [0.15, 0.2) is 35.3 Å². The fourth-order valence-corrected chi connectivity index (χ4v) is 5.50. The molecule has 0 unspecified atom stereocenters. The van der Waals surface area contributed by atoms with Crippen LogP contribution in [0.3, 0.4) is 0 Å². The molecule has 0 saturated heterocycles. The van der Waals surface area contributed by atoms with Crippen molar-refractivity contribution >= 4 is 29.2 Å². The minimum absolute atomic E-state index is 0.490. The molecule has 0 aliphatic heterocycles. The molecule has 0 fully saturated rings. The lowest BCUT2D eigenvalue weighted by Crippen LogP contribution is -2.09. The van der Waals surface area contributed by atoms with Crippen molar-refractivity contribution in [1.82, 2.24) is 4.57 Å². The van der Waals surface area contributed by atoms with Crippen LogP contribution in [0, 0.1) is 20.8 Å². The number of carbonyl (C=O) groups is 1. The van der Waals surface area contributed by atoms with Gasteiger partial charge in [-0.2, -0.15) is 0 Å². The summed E-state index contributed by atoms with van der Waals surface area (Å²) in [5.74, 6) is -0.822. The van der Waals surface area contributed by atoms with Gasteiger partial charge in [-0.25, -0.2) is 4.79 Å². The molecular weight excluding hydrogens is 368 g/mol. The van der Waals surface area contributed by atoms with Crippen molar-refractivity contribution in [3.05, 3.63) is 68.9 Å². The van der Waals surface area contributed by atoms with Crippen molar-refractivity contribution in [2.24, 2.45) is 4.99 Å². The van der Waals surface area contributed by atoms with E-state index in [9.17, 15) is 9.90 Å². The molecule has 0 radical (unpaired) electrons.